The van der Waals surface area contributed by atoms with Gasteiger partial charge in [0.1, 0.15) is 0 Å². The van der Waals surface area contributed by atoms with Crippen LogP contribution in [0.2, 0.25) is 0 Å². The fourth-order valence-corrected chi connectivity index (χ4v) is 7.65. The average Bonchev–Trinajstić information content (AvgIpc) is 3.89. The molecule has 0 spiro atoms. The molecule has 0 saturated carbocycles. The zero-order chi connectivity index (χ0) is 54.6. The highest BCUT2D eigenvalue weighted by Gasteiger charge is 2.18. The maximum Gasteiger partial charge on any atom is 0.0645 e. The van der Waals surface area contributed by atoms with E-state index in [1.165, 1.54) is 0 Å². The Kier molecular flexibility index (Phi) is 5.46. The molecule has 11 aromatic rings. The summed E-state index contributed by atoms with van der Waals surface area (Å²) in [6.45, 7) is 0. The van der Waals surface area contributed by atoms with Gasteiger partial charge in [0.2, 0.25) is 0 Å². The Balaban J connectivity index is 1.13. The molecule has 2 heteroatoms. The van der Waals surface area contributed by atoms with E-state index in [1.54, 1.807) is 60.7 Å². The monoisotopic (exact) mass is 781 g/mol. The molecule has 60 heavy (non-hydrogen) atoms. The normalized spacial score (nSPS) is 15.3. The third-order valence-corrected chi connectivity index (χ3v) is 10.5. The molecular weight excluding hydrogens is 725 g/mol. The summed E-state index contributed by atoms with van der Waals surface area (Å²) in [5, 5.41) is 3.82. The summed E-state index contributed by atoms with van der Waals surface area (Å²) < 4.78 is 157. The van der Waals surface area contributed by atoms with Gasteiger partial charge in [0.15, 0.2) is 0 Å². The summed E-state index contributed by atoms with van der Waals surface area (Å²) in [4.78, 5) is 1.16. The van der Waals surface area contributed by atoms with Crippen LogP contribution in [-0.2, 0) is 0 Å². The van der Waals surface area contributed by atoms with Crippen molar-refractivity contribution in [2.24, 2.45) is 0 Å². The molecule has 0 aliphatic heterocycles. The Morgan fingerprint density at radius 3 is 1.62 bits per heavy atom. The van der Waals surface area contributed by atoms with Crippen LogP contribution in [-0.4, -0.2) is 4.57 Å². The Morgan fingerprint density at radius 1 is 0.350 bits per heavy atom. The van der Waals surface area contributed by atoms with Crippen molar-refractivity contribution in [3.05, 3.63) is 242 Å². The highest BCUT2D eigenvalue weighted by atomic mass is 15.1. The zero-order valence-electron chi connectivity index (χ0n) is 48.7. The van der Waals surface area contributed by atoms with Crippen LogP contribution in [0.3, 0.4) is 0 Å². The van der Waals surface area contributed by atoms with Crippen LogP contribution < -0.4 is 4.90 Å². The van der Waals surface area contributed by atoms with E-state index in [4.69, 9.17) is 12.3 Å². The van der Waals surface area contributed by atoms with E-state index in [1.807, 2.05) is 66.7 Å². The minimum absolute atomic E-state index is 0.0326. The molecule has 282 valence electrons. The Labute approximate surface area is 374 Å². The van der Waals surface area contributed by atoms with E-state index in [-0.39, 0.29) is 11.3 Å². The molecule has 0 radical (unpaired) electrons. The predicted molar refractivity (Wildman–Crippen MR) is 255 cm³/mol. The highest BCUT2D eigenvalue weighted by Crippen LogP contribution is 2.42. The molecule has 0 aliphatic rings. The van der Waals surface area contributed by atoms with Gasteiger partial charge >= 0.3 is 0 Å². The van der Waals surface area contributed by atoms with Crippen LogP contribution in [0.15, 0.2) is 242 Å². The van der Waals surface area contributed by atoms with Crippen molar-refractivity contribution in [3.63, 3.8) is 0 Å². The number of rotatable bonds is 8. The maximum atomic E-state index is 9.79. The van der Waals surface area contributed by atoms with Crippen molar-refractivity contribution in [1.29, 1.82) is 0 Å². The van der Waals surface area contributed by atoms with Gasteiger partial charge in [-0.15, -0.1) is 0 Å². The van der Waals surface area contributed by atoms with E-state index in [2.05, 4.69) is 16.7 Å². The zero-order valence-corrected chi connectivity index (χ0v) is 31.7. The second-order valence-electron chi connectivity index (χ2n) is 14.0. The van der Waals surface area contributed by atoms with Gasteiger partial charge in [-0.2, -0.15) is 0 Å². The van der Waals surface area contributed by atoms with Crippen LogP contribution in [0, 0.1) is 0 Å². The minimum atomic E-state index is -0.876. The first-order valence-electron chi connectivity index (χ1n) is 27.7. The van der Waals surface area contributed by atoms with E-state index in [9.17, 15) is 11.0 Å². The first kappa shape index (κ1) is 21.7. The lowest BCUT2D eigenvalue weighted by atomic mass is 9.99. The van der Waals surface area contributed by atoms with Gasteiger partial charge in [-0.05, 0) is 110 Å². The summed E-state index contributed by atoms with van der Waals surface area (Å²) in [5.74, 6) is 0. The van der Waals surface area contributed by atoms with E-state index < -0.39 is 136 Å². The Bertz CT molecular complexity index is 4210. The van der Waals surface area contributed by atoms with Gasteiger partial charge in [0.05, 0.1) is 40.0 Å². The molecule has 0 amide bonds. The molecular formula is C58H40N2. The summed E-state index contributed by atoms with van der Waals surface area (Å²) in [6.07, 6.45) is 0. The van der Waals surface area contributed by atoms with Crippen molar-refractivity contribution in [1.82, 2.24) is 4.57 Å². The summed E-state index contributed by atoms with van der Waals surface area (Å²) >= 11 is 0. The molecule has 1 heterocycles. The van der Waals surface area contributed by atoms with Crippen LogP contribution in [0.1, 0.15) is 23.3 Å². The SMILES string of the molecule is [2H]c1c([2H])c([2H])c(-c2c([2H])c([2H])c(-c3c([2H])c([2H])c(N(c4ccccc4-c4ccccc4)c4c([2H])c([2H])c(-c5ccc6c(c5)c5ccccc5n6-c5ccc6ccccc6c5)c([2H])c4[2H])c([2H])c3[2H])c([2H])c2[2H])c([2H])c1[2H]. The van der Waals surface area contributed by atoms with Gasteiger partial charge in [0.25, 0.3) is 0 Å². The number of nitrogens with zero attached hydrogens (tertiary/aromatic N) is 2. The van der Waals surface area contributed by atoms with Crippen LogP contribution in [0.4, 0.5) is 17.1 Å². The molecule has 0 N–H and O–H groups in total. The first-order chi connectivity index (χ1) is 36.8. The molecule has 11 rings (SSSR count). The first-order valence-corrected chi connectivity index (χ1v) is 19.2. The molecule has 0 saturated heterocycles. The van der Waals surface area contributed by atoms with E-state index >= 15 is 0 Å². The predicted octanol–water partition coefficient (Wildman–Crippen LogP) is 16.1. The molecule has 0 fully saturated rings. The van der Waals surface area contributed by atoms with Crippen LogP contribution >= 0.6 is 0 Å². The fraction of sp³-hybridized carbons (Fsp3) is 0. The second-order valence-corrected chi connectivity index (χ2v) is 14.0. The Morgan fingerprint density at radius 2 is 0.900 bits per heavy atom. The van der Waals surface area contributed by atoms with Crippen molar-refractivity contribution >= 4 is 49.6 Å². The molecule has 0 atom stereocenters. The topological polar surface area (TPSA) is 8.17 Å². The molecule has 1 aromatic heterocycles. The van der Waals surface area contributed by atoms with Gasteiger partial charge in [-0.1, -0.05) is 182 Å². The lowest BCUT2D eigenvalue weighted by Crippen LogP contribution is -2.11. The maximum absolute atomic E-state index is 9.79. The van der Waals surface area contributed by atoms with Crippen LogP contribution in [0.25, 0.3) is 82.8 Å². The standard InChI is InChI=1S/C58H40N2/c1-3-13-41(14-4-1)43-23-25-44(26-24-43)45-27-33-50(34-28-45)59(56-21-11-9-19-53(56)47-16-5-2-6-17-47)51-35-29-46(30-36-51)49-32-38-58-55(40-49)54-20-10-12-22-57(54)60(58)52-37-31-42-15-7-8-18-48(42)39-52/h1-40H/i1D,3D,4D,13D,14D,23D,24D,25D,26D,27D,28D,29D,30D,33D,34D,35D,36D. The second kappa shape index (κ2) is 15.1. The summed E-state index contributed by atoms with van der Waals surface area (Å²) in [6, 6.07) is 30.5. The largest absolute Gasteiger partial charge is 0.310 e. The molecule has 0 aliphatic carbocycles. The van der Waals surface area contributed by atoms with E-state index in [0.29, 0.717) is 16.7 Å². The van der Waals surface area contributed by atoms with Crippen LogP contribution in [0.5, 0.6) is 0 Å². The third-order valence-electron chi connectivity index (χ3n) is 10.5. The molecule has 2 nitrogen and oxygen atoms in total. The van der Waals surface area contributed by atoms with Gasteiger partial charge < -0.3 is 9.47 Å². The van der Waals surface area contributed by atoms with Gasteiger partial charge in [0, 0.05) is 33.4 Å². The number of para-hydroxylation sites is 2. The summed E-state index contributed by atoms with van der Waals surface area (Å²) in [7, 11) is 0. The van der Waals surface area contributed by atoms with Crippen molar-refractivity contribution in [3.8, 4) is 50.2 Å². The fourth-order valence-electron chi connectivity index (χ4n) is 7.65. The highest BCUT2D eigenvalue weighted by molar-refractivity contribution is 6.10. The Hall–Kier alpha value is -7.94. The van der Waals surface area contributed by atoms with Crippen molar-refractivity contribution < 1.29 is 23.3 Å². The number of aromatic nitrogens is 1. The summed E-state index contributed by atoms with van der Waals surface area (Å²) in [5.41, 5.74) is 0.747. The van der Waals surface area contributed by atoms with Crippen molar-refractivity contribution in [2.45, 2.75) is 0 Å². The molecule has 0 bridgehead atoms. The van der Waals surface area contributed by atoms with Crippen molar-refractivity contribution in [2.75, 3.05) is 4.90 Å². The van der Waals surface area contributed by atoms with Gasteiger partial charge in [-0.25, -0.2) is 0 Å². The number of anilines is 3. The average molecular weight is 782 g/mol. The van der Waals surface area contributed by atoms with E-state index in [0.717, 1.165) is 43.2 Å². The number of fused-ring (bicyclic) bond motifs is 4. The molecule has 0 unspecified atom stereocenters. The smallest absolute Gasteiger partial charge is 0.0645 e. The van der Waals surface area contributed by atoms with Gasteiger partial charge in [-0.3, -0.25) is 0 Å². The lowest BCUT2D eigenvalue weighted by Gasteiger charge is -2.28. The number of hydrogen-bond donors (Lipinski definition) is 0. The number of benzene rings is 10. The molecule has 10 aromatic carbocycles. The quantitative estimate of drug-likeness (QED) is 0.149. The number of hydrogen-bond acceptors (Lipinski definition) is 1. The lowest BCUT2D eigenvalue weighted by molar-refractivity contribution is 1.19. The minimum Gasteiger partial charge on any atom is -0.310 e. The third kappa shape index (κ3) is 6.41.